The van der Waals surface area contributed by atoms with Gasteiger partial charge >= 0.3 is 0 Å². The van der Waals surface area contributed by atoms with Crippen molar-refractivity contribution in [3.63, 3.8) is 0 Å². The zero-order valence-corrected chi connectivity index (χ0v) is 15.7. The molecule has 0 aliphatic heterocycles. The third-order valence-corrected chi connectivity index (χ3v) is 5.10. The molecule has 0 aliphatic carbocycles. The van der Waals surface area contributed by atoms with Gasteiger partial charge in [-0.3, -0.25) is 4.72 Å². The maximum atomic E-state index is 11.6. The summed E-state index contributed by atoms with van der Waals surface area (Å²) in [6.45, 7) is 2.10. The molecule has 140 valence electrons. The first-order valence-corrected chi connectivity index (χ1v) is 10.2. The van der Waals surface area contributed by atoms with Crippen LogP contribution in [0.4, 0.5) is 17.2 Å². The zero-order chi connectivity index (χ0) is 19.1. The SMILES string of the molecule is CCS(=O)(=O)Nc1ccc(Nc2ccc(OCc3ccccc3)cc2)nc1. The summed E-state index contributed by atoms with van der Waals surface area (Å²) < 4.78 is 31.3. The van der Waals surface area contributed by atoms with Crippen LogP contribution in [0.15, 0.2) is 72.9 Å². The summed E-state index contributed by atoms with van der Waals surface area (Å²) >= 11 is 0. The zero-order valence-electron chi connectivity index (χ0n) is 14.9. The number of hydrogen-bond acceptors (Lipinski definition) is 5. The Bertz CT molecular complexity index is 958. The Morgan fingerprint density at radius 2 is 1.63 bits per heavy atom. The average Bonchev–Trinajstić information content (AvgIpc) is 2.70. The number of nitrogens with zero attached hydrogens (tertiary/aromatic N) is 1. The van der Waals surface area contributed by atoms with E-state index in [2.05, 4.69) is 15.0 Å². The van der Waals surface area contributed by atoms with Crippen LogP contribution < -0.4 is 14.8 Å². The largest absolute Gasteiger partial charge is 0.489 e. The van der Waals surface area contributed by atoms with Crippen LogP contribution in [0.2, 0.25) is 0 Å². The number of nitrogens with one attached hydrogen (secondary N) is 2. The van der Waals surface area contributed by atoms with Gasteiger partial charge in [-0.05, 0) is 48.9 Å². The van der Waals surface area contributed by atoms with Crippen molar-refractivity contribution in [3.05, 3.63) is 78.5 Å². The Morgan fingerprint density at radius 3 is 2.26 bits per heavy atom. The number of sulfonamides is 1. The molecule has 0 saturated heterocycles. The van der Waals surface area contributed by atoms with Crippen LogP contribution in [-0.2, 0) is 16.6 Å². The van der Waals surface area contributed by atoms with E-state index in [0.29, 0.717) is 18.1 Å². The van der Waals surface area contributed by atoms with E-state index >= 15 is 0 Å². The first-order valence-electron chi connectivity index (χ1n) is 8.54. The third kappa shape index (κ3) is 5.72. The predicted molar refractivity (Wildman–Crippen MR) is 108 cm³/mol. The van der Waals surface area contributed by atoms with Gasteiger partial charge in [-0.25, -0.2) is 13.4 Å². The highest BCUT2D eigenvalue weighted by Gasteiger charge is 2.07. The normalized spacial score (nSPS) is 11.0. The topological polar surface area (TPSA) is 80.3 Å². The fourth-order valence-corrected chi connectivity index (χ4v) is 2.93. The molecule has 0 atom stereocenters. The maximum absolute atomic E-state index is 11.6. The molecule has 0 unspecified atom stereocenters. The molecule has 3 aromatic rings. The van der Waals surface area contributed by atoms with Crippen molar-refractivity contribution in [1.82, 2.24) is 4.98 Å². The molecular formula is C20H21N3O3S. The number of benzene rings is 2. The predicted octanol–water partition coefficient (Wildman–Crippen LogP) is 4.17. The molecule has 2 N–H and O–H groups in total. The maximum Gasteiger partial charge on any atom is 0.232 e. The smallest absolute Gasteiger partial charge is 0.232 e. The quantitative estimate of drug-likeness (QED) is 0.610. The Balaban J connectivity index is 1.56. The molecule has 3 rings (SSSR count). The first kappa shape index (κ1) is 18.7. The van der Waals surface area contributed by atoms with E-state index in [0.717, 1.165) is 17.0 Å². The van der Waals surface area contributed by atoms with Crippen LogP contribution in [0.1, 0.15) is 12.5 Å². The summed E-state index contributed by atoms with van der Waals surface area (Å²) in [5, 5.41) is 3.17. The van der Waals surface area contributed by atoms with Gasteiger partial charge in [0, 0.05) is 5.69 Å². The number of ether oxygens (including phenoxy) is 1. The standard InChI is InChI=1S/C20H21N3O3S/c1-2-27(24,25)23-18-10-13-20(21-14-18)22-17-8-11-19(12-9-17)26-15-16-6-4-3-5-7-16/h3-14,23H,2,15H2,1H3,(H,21,22). The monoisotopic (exact) mass is 383 g/mol. The Kier molecular flexibility index (Phi) is 5.93. The Labute approximate surface area is 159 Å². The van der Waals surface area contributed by atoms with E-state index in [9.17, 15) is 8.42 Å². The summed E-state index contributed by atoms with van der Waals surface area (Å²) in [5.74, 6) is 1.42. The second-order valence-corrected chi connectivity index (χ2v) is 7.87. The second kappa shape index (κ2) is 8.55. The highest BCUT2D eigenvalue weighted by molar-refractivity contribution is 7.92. The molecule has 0 bridgehead atoms. The minimum Gasteiger partial charge on any atom is -0.489 e. The van der Waals surface area contributed by atoms with Gasteiger partial charge in [-0.1, -0.05) is 30.3 Å². The van der Waals surface area contributed by atoms with E-state index in [1.807, 2.05) is 54.6 Å². The first-order chi connectivity index (χ1) is 13.0. The molecular weight excluding hydrogens is 362 g/mol. The summed E-state index contributed by atoms with van der Waals surface area (Å²) in [5.41, 5.74) is 2.41. The highest BCUT2D eigenvalue weighted by Crippen LogP contribution is 2.20. The molecule has 0 spiro atoms. The molecule has 1 aromatic heterocycles. The number of aromatic nitrogens is 1. The molecule has 6 nitrogen and oxygen atoms in total. The minimum atomic E-state index is -3.30. The lowest BCUT2D eigenvalue weighted by Crippen LogP contribution is -2.14. The van der Waals surface area contributed by atoms with Crippen molar-refractivity contribution in [3.8, 4) is 5.75 Å². The van der Waals surface area contributed by atoms with Gasteiger partial charge in [-0.2, -0.15) is 0 Å². The molecule has 7 heteroatoms. The van der Waals surface area contributed by atoms with Crippen molar-refractivity contribution in [2.45, 2.75) is 13.5 Å². The third-order valence-electron chi connectivity index (χ3n) is 3.79. The van der Waals surface area contributed by atoms with Gasteiger partial charge in [0.15, 0.2) is 0 Å². The van der Waals surface area contributed by atoms with Gasteiger partial charge in [0.05, 0.1) is 17.6 Å². The molecule has 0 radical (unpaired) electrons. The van der Waals surface area contributed by atoms with Crippen LogP contribution in [-0.4, -0.2) is 19.2 Å². The average molecular weight is 383 g/mol. The van der Waals surface area contributed by atoms with Gasteiger partial charge in [0.1, 0.15) is 18.2 Å². The van der Waals surface area contributed by atoms with Crippen molar-refractivity contribution in [1.29, 1.82) is 0 Å². The van der Waals surface area contributed by atoms with Crippen molar-refractivity contribution in [2.75, 3.05) is 15.8 Å². The molecule has 0 aliphatic rings. The van der Waals surface area contributed by atoms with Crippen molar-refractivity contribution in [2.24, 2.45) is 0 Å². The van der Waals surface area contributed by atoms with Gasteiger partial charge in [-0.15, -0.1) is 0 Å². The van der Waals surface area contributed by atoms with Crippen LogP contribution in [0.3, 0.4) is 0 Å². The molecule has 0 fully saturated rings. The number of rotatable bonds is 8. The van der Waals surface area contributed by atoms with E-state index in [-0.39, 0.29) is 5.75 Å². The summed E-state index contributed by atoms with van der Waals surface area (Å²) in [6, 6.07) is 20.9. The van der Waals surface area contributed by atoms with Crippen LogP contribution in [0.5, 0.6) is 5.75 Å². The van der Waals surface area contributed by atoms with Crippen molar-refractivity contribution >= 4 is 27.2 Å². The van der Waals surface area contributed by atoms with Crippen LogP contribution in [0.25, 0.3) is 0 Å². The molecule has 2 aromatic carbocycles. The van der Waals surface area contributed by atoms with Gasteiger partial charge < -0.3 is 10.1 Å². The van der Waals surface area contributed by atoms with Crippen molar-refractivity contribution < 1.29 is 13.2 Å². The summed E-state index contributed by atoms with van der Waals surface area (Å²) in [7, 11) is -3.30. The second-order valence-electron chi connectivity index (χ2n) is 5.86. The lowest BCUT2D eigenvalue weighted by Gasteiger charge is -2.10. The van der Waals surface area contributed by atoms with E-state index < -0.39 is 10.0 Å². The van der Waals surface area contributed by atoms with Gasteiger partial charge in [0.25, 0.3) is 0 Å². The Hall–Kier alpha value is -3.06. The van der Waals surface area contributed by atoms with Gasteiger partial charge in [0.2, 0.25) is 10.0 Å². The van der Waals surface area contributed by atoms with E-state index in [1.54, 1.807) is 19.1 Å². The number of anilines is 3. The van der Waals surface area contributed by atoms with E-state index in [1.165, 1.54) is 6.20 Å². The summed E-state index contributed by atoms with van der Waals surface area (Å²) in [4.78, 5) is 4.22. The molecule has 1 heterocycles. The Morgan fingerprint density at radius 1 is 0.926 bits per heavy atom. The van der Waals surface area contributed by atoms with Crippen LogP contribution in [0, 0.1) is 0 Å². The van der Waals surface area contributed by atoms with Crippen LogP contribution >= 0.6 is 0 Å². The molecule has 27 heavy (non-hydrogen) atoms. The lowest BCUT2D eigenvalue weighted by molar-refractivity contribution is 0.306. The fourth-order valence-electron chi connectivity index (χ4n) is 2.30. The molecule has 0 saturated carbocycles. The number of hydrogen-bond donors (Lipinski definition) is 2. The van der Waals surface area contributed by atoms with E-state index in [4.69, 9.17) is 4.74 Å². The fraction of sp³-hybridized carbons (Fsp3) is 0.150. The number of pyridine rings is 1. The summed E-state index contributed by atoms with van der Waals surface area (Å²) in [6.07, 6.45) is 1.48. The minimum absolute atomic E-state index is 0.0195. The lowest BCUT2D eigenvalue weighted by atomic mass is 10.2. The highest BCUT2D eigenvalue weighted by atomic mass is 32.2. The molecule has 0 amide bonds.